The predicted molar refractivity (Wildman–Crippen MR) is 72.7 cm³/mol. The Kier molecular flexibility index (Phi) is 4.08. The van der Waals surface area contributed by atoms with E-state index in [1.807, 2.05) is 0 Å². The fraction of sp³-hybridized carbons (Fsp3) is 0.462. The summed E-state index contributed by atoms with van der Waals surface area (Å²) >= 11 is 3.28. The van der Waals surface area contributed by atoms with Crippen molar-refractivity contribution < 1.29 is 8.42 Å². The van der Waals surface area contributed by atoms with Crippen LogP contribution in [0.5, 0.6) is 0 Å². The van der Waals surface area contributed by atoms with Crippen LogP contribution >= 0.6 is 15.9 Å². The number of rotatable bonds is 2. The highest BCUT2D eigenvalue weighted by atomic mass is 79.9. The Hall–Kier alpha value is -0.860. The molecule has 5 heteroatoms. The van der Waals surface area contributed by atoms with E-state index in [1.54, 1.807) is 24.3 Å². The highest BCUT2D eigenvalue weighted by molar-refractivity contribution is 9.10. The summed E-state index contributed by atoms with van der Waals surface area (Å²) in [6.07, 6.45) is 3.11. The van der Waals surface area contributed by atoms with E-state index in [4.69, 9.17) is 5.26 Å². The molecule has 18 heavy (non-hydrogen) atoms. The third-order valence-electron chi connectivity index (χ3n) is 3.39. The molecule has 0 spiro atoms. The van der Waals surface area contributed by atoms with Crippen LogP contribution in [0.4, 0.5) is 0 Å². The van der Waals surface area contributed by atoms with Gasteiger partial charge in [-0.1, -0.05) is 34.8 Å². The van der Waals surface area contributed by atoms with Crippen LogP contribution in [0.25, 0.3) is 0 Å². The first-order valence-corrected chi connectivity index (χ1v) is 8.28. The molecule has 0 bridgehead atoms. The molecule has 96 valence electrons. The van der Waals surface area contributed by atoms with E-state index in [9.17, 15) is 8.42 Å². The number of benzene rings is 1. The molecule has 1 aliphatic rings. The van der Waals surface area contributed by atoms with Crippen LogP contribution in [0.15, 0.2) is 33.6 Å². The highest BCUT2D eigenvalue weighted by Gasteiger charge is 2.36. The molecule has 2 atom stereocenters. The average Bonchev–Trinajstić information content (AvgIpc) is 2.38. The molecule has 2 rings (SSSR count). The molecule has 0 radical (unpaired) electrons. The number of nitrogens with zero attached hydrogens (tertiary/aromatic N) is 1. The number of halogens is 1. The van der Waals surface area contributed by atoms with Gasteiger partial charge in [0.15, 0.2) is 9.84 Å². The lowest BCUT2D eigenvalue weighted by Crippen LogP contribution is -2.32. The van der Waals surface area contributed by atoms with Crippen molar-refractivity contribution in [2.24, 2.45) is 5.92 Å². The summed E-state index contributed by atoms with van der Waals surface area (Å²) in [5.74, 6) is -0.372. The minimum atomic E-state index is -3.40. The van der Waals surface area contributed by atoms with Gasteiger partial charge in [0.1, 0.15) is 0 Å². The van der Waals surface area contributed by atoms with Gasteiger partial charge in [-0.2, -0.15) is 5.26 Å². The molecular formula is C13H14BrNO2S. The Labute approximate surface area is 116 Å². The largest absolute Gasteiger partial charge is 0.223 e. The summed E-state index contributed by atoms with van der Waals surface area (Å²) in [7, 11) is -3.40. The Balaban J connectivity index is 2.39. The van der Waals surface area contributed by atoms with Crippen LogP contribution in [-0.2, 0) is 9.84 Å². The van der Waals surface area contributed by atoms with E-state index in [1.165, 1.54) is 0 Å². The van der Waals surface area contributed by atoms with Crippen molar-refractivity contribution in [3.8, 4) is 6.07 Å². The lowest BCUT2D eigenvalue weighted by atomic mass is 9.90. The predicted octanol–water partition coefficient (Wildman–Crippen LogP) is 3.31. The van der Waals surface area contributed by atoms with Crippen LogP contribution in [0, 0.1) is 17.2 Å². The van der Waals surface area contributed by atoms with Gasteiger partial charge in [-0.3, -0.25) is 0 Å². The van der Waals surface area contributed by atoms with E-state index in [-0.39, 0.29) is 5.92 Å². The molecule has 0 amide bonds. The molecule has 0 N–H and O–H groups in total. The van der Waals surface area contributed by atoms with Gasteiger partial charge < -0.3 is 0 Å². The second-order valence-electron chi connectivity index (χ2n) is 4.56. The summed E-state index contributed by atoms with van der Waals surface area (Å²) < 4.78 is 25.8. The normalized spacial score (nSPS) is 24.4. The van der Waals surface area contributed by atoms with Gasteiger partial charge in [-0.05, 0) is 31.0 Å². The first-order valence-electron chi connectivity index (χ1n) is 5.95. The first kappa shape index (κ1) is 13.6. The van der Waals surface area contributed by atoms with Crippen molar-refractivity contribution in [3.63, 3.8) is 0 Å². The Morgan fingerprint density at radius 2 is 2.00 bits per heavy atom. The summed E-state index contributed by atoms with van der Waals surface area (Å²) in [6.45, 7) is 0. The Morgan fingerprint density at radius 1 is 1.28 bits per heavy atom. The van der Waals surface area contributed by atoms with Crippen molar-refractivity contribution in [1.29, 1.82) is 5.26 Å². The molecule has 1 aromatic rings. The fourth-order valence-corrected chi connectivity index (χ4v) is 5.00. The molecule has 0 aromatic heterocycles. The molecule has 1 fully saturated rings. The molecule has 3 nitrogen and oxygen atoms in total. The summed E-state index contributed by atoms with van der Waals surface area (Å²) in [5.41, 5.74) is 0. The minimum absolute atomic E-state index is 0.309. The Bertz CT molecular complexity index is 577. The van der Waals surface area contributed by atoms with Crippen molar-refractivity contribution in [2.75, 3.05) is 0 Å². The van der Waals surface area contributed by atoms with E-state index in [0.29, 0.717) is 17.7 Å². The standard InChI is InChI=1S/C13H14BrNO2S/c14-11-5-3-6-12(8-11)18(16,17)13-7-2-1-4-10(13)9-15/h3,5-6,8,10,13H,1-2,4,7H2. The molecule has 1 saturated carbocycles. The highest BCUT2D eigenvalue weighted by Crippen LogP contribution is 2.33. The maximum atomic E-state index is 12.5. The lowest BCUT2D eigenvalue weighted by molar-refractivity contribution is 0.418. The molecule has 1 aromatic carbocycles. The molecule has 2 unspecified atom stereocenters. The maximum absolute atomic E-state index is 12.5. The number of nitriles is 1. The average molecular weight is 328 g/mol. The monoisotopic (exact) mass is 327 g/mol. The van der Waals surface area contributed by atoms with E-state index < -0.39 is 15.1 Å². The number of hydrogen-bond donors (Lipinski definition) is 0. The van der Waals surface area contributed by atoms with E-state index in [0.717, 1.165) is 17.3 Å². The smallest absolute Gasteiger partial charge is 0.182 e. The van der Waals surface area contributed by atoms with Gasteiger partial charge in [-0.25, -0.2) is 8.42 Å². The van der Waals surface area contributed by atoms with Crippen molar-refractivity contribution in [3.05, 3.63) is 28.7 Å². The third kappa shape index (κ3) is 2.60. The summed E-state index contributed by atoms with van der Waals surface area (Å²) in [5, 5.41) is 8.55. The molecule has 1 aliphatic carbocycles. The molecule has 0 heterocycles. The lowest BCUT2D eigenvalue weighted by Gasteiger charge is -2.26. The second-order valence-corrected chi connectivity index (χ2v) is 7.64. The molecule has 0 aliphatic heterocycles. The van der Waals surface area contributed by atoms with E-state index in [2.05, 4.69) is 22.0 Å². The molecule has 0 saturated heterocycles. The zero-order chi connectivity index (χ0) is 13.2. The van der Waals surface area contributed by atoms with Gasteiger partial charge in [0.25, 0.3) is 0 Å². The van der Waals surface area contributed by atoms with Gasteiger partial charge in [0, 0.05) is 4.47 Å². The van der Waals surface area contributed by atoms with Crippen LogP contribution in [0.2, 0.25) is 0 Å². The maximum Gasteiger partial charge on any atom is 0.182 e. The van der Waals surface area contributed by atoms with Gasteiger partial charge in [0.05, 0.1) is 22.1 Å². The van der Waals surface area contributed by atoms with Crippen molar-refractivity contribution in [2.45, 2.75) is 35.8 Å². The third-order valence-corrected chi connectivity index (χ3v) is 6.16. The van der Waals surface area contributed by atoms with Crippen molar-refractivity contribution in [1.82, 2.24) is 0 Å². The van der Waals surface area contributed by atoms with E-state index >= 15 is 0 Å². The zero-order valence-electron chi connectivity index (χ0n) is 9.84. The topological polar surface area (TPSA) is 57.9 Å². The number of sulfone groups is 1. The Morgan fingerprint density at radius 3 is 2.67 bits per heavy atom. The van der Waals surface area contributed by atoms with Gasteiger partial charge >= 0.3 is 0 Å². The fourth-order valence-electron chi connectivity index (χ4n) is 2.43. The van der Waals surface area contributed by atoms with Gasteiger partial charge in [-0.15, -0.1) is 0 Å². The van der Waals surface area contributed by atoms with Crippen LogP contribution < -0.4 is 0 Å². The summed E-state index contributed by atoms with van der Waals surface area (Å²) in [6, 6.07) is 8.87. The van der Waals surface area contributed by atoms with Crippen molar-refractivity contribution >= 4 is 25.8 Å². The van der Waals surface area contributed by atoms with Crippen LogP contribution in [0.1, 0.15) is 25.7 Å². The SMILES string of the molecule is N#CC1CCCCC1S(=O)(=O)c1cccc(Br)c1. The summed E-state index contributed by atoms with van der Waals surface area (Å²) in [4.78, 5) is 0.309. The molecular weight excluding hydrogens is 314 g/mol. The quantitative estimate of drug-likeness (QED) is 0.837. The number of hydrogen-bond acceptors (Lipinski definition) is 3. The minimum Gasteiger partial charge on any atom is -0.223 e. The van der Waals surface area contributed by atoms with Crippen LogP contribution in [0.3, 0.4) is 0 Å². The zero-order valence-corrected chi connectivity index (χ0v) is 12.2. The van der Waals surface area contributed by atoms with Crippen LogP contribution in [-0.4, -0.2) is 13.7 Å². The second kappa shape index (κ2) is 5.41. The first-order chi connectivity index (χ1) is 8.55. The van der Waals surface area contributed by atoms with Gasteiger partial charge in [0.2, 0.25) is 0 Å².